The molecule has 0 amide bonds. The molecule has 0 heterocycles. The van der Waals surface area contributed by atoms with Gasteiger partial charge in [0, 0.05) is 0 Å². The van der Waals surface area contributed by atoms with Crippen molar-refractivity contribution in [3.8, 4) is 11.5 Å². The van der Waals surface area contributed by atoms with Crippen LogP contribution in [0.2, 0.25) is 0 Å². The number of benzene rings is 1. The Morgan fingerprint density at radius 2 is 1.86 bits per heavy atom. The second-order valence-corrected chi connectivity index (χ2v) is 5.08. The third-order valence-electron chi connectivity index (χ3n) is 3.74. The maximum atomic E-state index is 12.2. The van der Waals surface area contributed by atoms with Crippen LogP contribution in [0, 0.1) is 5.92 Å². The third-order valence-corrected chi connectivity index (χ3v) is 3.74. The summed E-state index contributed by atoms with van der Waals surface area (Å²) in [6, 6.07) is 4.95. The highest BCUT2D eigenvalue weighted by molar-refractivity contribution is 6.00. The maximum absolute atomic E-state index is 12.2. The smallest absolute Gasteiger partial charge is 0.309 e. The van der Waals surface area contributed by atoms with Crippen molar-refractivity contribution in [2.45, 2.75) is 25.7 Å². The van der Waals surface area contributed by atoms with Crippen LogP contribution in [0.1, 0.15) is 36.0 Å². The Hall–Kier alpha value is -2.04. The van der Waals surface area contributed by atoms with Crippen molar-refractivity contribution in [3.05, 3.63) is 23.8 Å². The van der Waals surface area contributed by atoms with E-state index in [0.717, 1.165) is 25.7 Å². The van der Waals surface area contributed by atoms with Crippen LogP contribution in [0.25, 0.3) is 0 Å². The van der Waals surface area contributed by atoms with Gasteiger partial charge in [0.2, 0.25) is 5.78 Å². The first-order valence-electron chi connectivity index (χ1n) is 7.07. The van der Waals surface area contributed by atoms with Gasteiger partial charge in [-0.15, -0.1) is 0 Å². The molecule has 0 radical (unpaired) electrons. The molecule has 0 unspecified atom stereocenters. The number of ether oxygens (including phenoxy) is 3. The second kappa shape index (κ2) is 7.11. The molecular formula is C16H20O5. The lowest BCUT2D eigenvalue weighted by Crippen LogP contribution is -2.20. The van der Waals surface area contributed by atoms with Crippen LogP contribution in [-0.4, -0.2) is 32.6 Å². The molecule has 1 aliphatic carbocycles. The molecule has 1 aliphatic rings. The highest BCUT2D eigenvalue weighted by Gasteiger charge is 2.25. The molecule has 0 saturated heterocycles. The van der Waals surface area contributed by atoms with Crippen LogP contribution < -0.4 is 9.47 Å². The number of methoxy groups -OCH3 is 2. The summed E-state index contributed by atoms with van der Waals surface area (Å²) in [5, 5.41) is 0. The van der Waals surface area contributed by atoms with E-state index in [9.17, 15) is 9.59 Å². The minimum absolute atomic E-state index is 0.0509. The van der Waals surface area contributed by atoms with Gasteiger partial charge in [-0.1, -0.05) is 12.8 Å². The van der Waals surface area contributed by atoms with Crippen LogP contribution in [-0.2, 0) is 9.53 Å². The van der Waals surface area contributed by atoms with Crippen molar-refractivity contribution in [1.82, 2.24) is 0 Å². The van der Waals surface area contributed by atoms with E-state index >= 15 is 0 Å². The number of Topliss-reactive ketones (excluding diaryl/α,β-unsaturated/α-hetero) is 1. The monoisotopic (exact) mass is 292 g/mol. The van der Waals surface area contributed by atoms with E-state index in [-0.39, 0.29) is 24.3 Å². The molecule has 1 aromatic rings. The quantitative estimate of drug-likeness (QED) is 0.596. The number of hydrogen-bond acceptors (Lipinski definition) is 5. The van der Waals surface area contributed by atoms with Crippen LogP contribution in [0.3, 0.4) is 0 Å². The summed E-state index contributed by atoms with van der Waals surface area (Å²) in [7, 11) is 3.01. The summed E-state index contributed by atoms with van der Waals surface area (Å²) in [4.78, 5) is 24.0. The number of hydrogen-bond donors (Lipinski definition) is 0. The van der Waals surface area contributed by atoms with E-state index in [1.54, 1.807) is 18.2 Å². The van der Waals surface area contributed by atoms with Crippen molar-refractivity contribution in [3.63, 3.8) is 0 Å². The van der Waals surface area contributed by atoms with Crippen molar-refractivity contribution >= 4 is 11.8 Å². The fraction of sp³-hybridized carbons (Fsp3) is 0.500. The number of esters is 1. The second-order valence-electron chi connectivity index (χ2n) is 5.08. The molecule has 1 saturated carbocycles. The van der Waals surface area contributed by atoms with Crippen molar-refractivity contribution in [2.24, 2.45) is 5.92 Å². The highest BCUT2D eigenvalue weighted by atomic mass is 16.5. The highest BCUT2D eigenvalue weighted by Crippen LogP contribution is 2.27. The third kappa shape index (κ3) is 3.74. The van der Waals surface area contributed by atoms with E-state index < -0.39 is 0 Å². The standard InChI is InChI=1S/C16H20O5/c1-19-12-7-8-15(20-2)13(9-12)14(17)10-21-16(18)11-5-3-4-6-11/h7-9,11H,3-6,10H2,1-2H3. The molecule has 5 nitrogen and oxygen atoms in total. The minimum atomic E-state index is -0.294. The molecule has 0 aromatic heterocycles. The average molecular weight is 292 g/mol. The predicted molar refractivity (Wildman–Crippen MR) is 76.8 cm³/mol. The largest absolute Gasteiger partial charge is 0.497 e. The van der Waals surface area contributed by atoms with Gasteiger partial charge in [-0.25, -0.2) is 0 Å². The lowest BCUT2D eigenvalue weighted by molar-refractivity contribution is -0.147. The molecule has 2 rings (SSSR count). The lowest BCUT2D eigenvalue weighted by Gasteiger charge is -2.11. The van der Waals surface area contributed by atoms with Gasteiger partial charge in [0.25, 0.3) is 0 Å². The number of ketones is 1. The Bertz CT molecular complexity index is 517. The van der Waals surface area contributed by atoms with Gasteiger partial charge >= 0.3 is 5.97 Å². The molecule has 0 atom stereocenters. The summed E-state index contributed by atoms with van der Waals surface area (Å²) in [6.45, 7) is -0.265. The molecule has 0 aliphatic heterocycles. The molecule has 1 fully saturated rings. The van der Waals surface area contributed by atoms with Crippen molar-refractivity contribution < 1.29 is 23.8 Å². The molecule has 0 N–H and O–H groups in total. The topological polar surface area (TPSA) is 61.8 Å². The Labute approximate surface area is 124 Å². The van der Waals surface area contributed by atoms with Gasteiger partial charge in [-0.2, -0.15) is 0 Å². The Morgan fingerprint density at radius 3 is 2.48 bits per heavy atom. The molecule has 21 heavy (non-hydrogen) atoms. The Morgan fingerprint density at radius 1 is 1.14 bits per heavy atom. The summed E-state index contributed by atoms with van der Waals surface area (Å²) in [5.41, 5.74) is 0.357. The molecular weight excluding hydrogens is 272 g/mol. The first kappa shape index (κ1) is 15.4. The van der Waals surface area contributed by atoms with E-state index in [0.29, 0.717) is 17.1 Å². The minimum Gasteiger partial charge on any atom is -0.497 e. The van der Waals surface area contributed by atoms with Gasteiger partial charge in [0.15, 0.2) is 6.61 Å². The maximum Gasteiger partial charge on any atom is 0.309 e. The van der Waals surface area contributed by atoms with E-state index in [1.807, 2.05) is 0 Å². The van der Waals surface area contributed by atoms with Gasteiger partial charge < -0.3 is 14.2 Å². The summed E-state index contributed by atoms with van der Waals surface area (Å²) < 4.78 is 15.4. The van der Waals surface area contributed by atoms with Crippen LogP contribution in [0.15, 0.2) is 18.2 Å². The van der Waals surface area contributed by atoms with E-state index in [1.165, 1.54) is 14.2 Å². The lowest BCUT2D eigenvalue weighted by atomic mass is 10.1. The Kier molecular flexibility index (Phi) is 5.20. The number of rotatable bonds is 6. The van der Waals surface area contributed by atoms with Gasteiger partial charge in [0.05, 0.1) is 25.7 Å². The van der Waals surface area contributed by atoms with Crippen LogP contribution >= 0.6 is 0 Å². The summed E-state index contributed by atoms with van der Waals surface area (Å²) >= 11 is 0. The first-order chi connectivity index (χ1) is 10.2. The van der Waals surface area contributed by atoms with Gasteiger partial charge in [-0.3, -0.25) is 9.59 Å². The fourth-order valence-electron chi connectivity index (χ4n) is 2.53. The summed E-state index contributed by atoms with van der Waals surface area (Å²) in [6.07, 6.45) is 3.82. The average Bonchev–Trinajstić information content (AvgIpc) is 3.06. The van der Waals surface area contributed by atoms with Crippen LogP contribution in [0.5, 0.6) is 11.5 Å². The van der Waals surface area contributed by atoms with E-state index in [4.69, 9.17) is 14.2 Å². The molecule has 0 bridgehead atoms. The normalized spacial score (nSPS) is 14.8. The first-order valence-corrected chi connectivity index (χ1v) is 7.07. The summed E-state index contributed by atoms with van der Waals surface area (Å²) in [5.74, 6) is 0.379. The molecule has 1 aromatic carbocycles. The molecule has 5 heteroatoms. The predicted octanol–water partition coefficient (Wildman–Crippen LogP) is 2.62. The van der Waals surface area contributed by atoms with E-state index in [2.05, 4.69) is 0 Å². The number of carbonyl (C=O) groups excluding carboxylic acids is 2. The van der Waals surface area contributed by atoms with Gasteiger partial charge in [0.1, 0.15) is 11.5 Å². The zero-order valence-corrected chi connectivity index (χ0v) is 12.4. The zero-order chi connectivity index (χ0) is 15.2. The van der Waals surface area contributed by atoms with Crippen molar-refractivity contribution in [1.29, 1.82) is 0 Å². The SMILES string of the molecule is COc1ccc(OC)c(C(=O)COC(=O)C2CCCC2)c1. The van der Waals surface area contributed by atoms with Crippen LogP contribution in [0.4, 0.5) is 0 Å². The fourth-order valence-corrected chi connectivity index (χ4v) is 2.53. The number of carbonyl (C=O) groups is 2. The Balaban J connectivity index is 2.00. The molecule has 114 valence electrons. The van der Waals surface area contributed by atoms with Gasteiger partial charge in [-0.05, 0) is 31.0 Å². The van der Waals surface area contributed by atoms with Crippen molar-refractivity contribution in [2.75, 3.05) is 20.8 Å². The molecule has 0 spiro atoms. The zero-order valence-electron chi connectivity index (χ0n) is 12.4.